The van der Waals surface area contributed by atoms with E-state index in [9.17, 15) is 0 Å². The smallest absolute Gasteiger partial charge is 0.0354 e. The van der Waals surface area contributed by atoms with Gasteiger partial charge in [0.1, 0.15) is 0 Å². The summed E-state index contributed by atoms with van der Waals surface area (Å²) in [6.45, 7) is 23.2. The minimum absolute atomic E-state index is 0.565. The highest BCUT2D eigenvalue weighted by atomic mass is 14.2. The Balaban J connectivity index is 0. The molecule has 1 atom stereocenters. The lowest BCUT2D eigenvalue weighted by atomic mass is 9.80. The third kappa shape index (κ3) is 14.4. The monoisotopic (exact) mass is 284 g/mol. The van der Waals surface area contributed by atoms with E-state index in [0.29, 0.717) is 10.8 Å². The lowest BCUT2D eigenvalue weighted by molar-refractivity contribution is 0.263. The molecule has 0 aliphatic heterocycles. The van der Waals surface area contributed by atoms with Gasteiger partial charge in [-0.25, -0.2) is 0 Å². The molecular weight excluding hydrogens is 240 g/mol. The third-order valence-corrected chi connectivity index (χ3v) is 4.91. The Hall–Kier alpha value is 0. The predicted molar refractivity (Wildman–Crippen MR) is 96.3 cm³/mol. The van der Waals surface area contributed by atoms with Crippen LogP contribution < -0.4 is 0 Å². The Morgan fingerprint density at radius 3 is 1.50 bits per heavy atom. The van der Waals surface area contributed by atoms with Gasteiger partial charge in [-0.15, -0.1) is 0 Å². The standard InChI is InChI=1S/2C10H22/c1-6-10(4,5)8-7-9(2)3;1-6-9(3)8-10(4,5)7-2/h2*9H,6-8H2,1-5H3. The first kappa shape index (κ1) is 22.3. The Labute approximate surface area is 131 Å². The second-order valence-electron chi connectivity index (χ2n) is 8.69. The van der Waals surface area contributed by atoms with Crippen molar-refractivity contribution in [2.24, 2.45) is 22.7 Å². The van der Waals surface area contributed by atoms with Crippen LogP contribution in [0.3, 0.4) is 0 Å². The van der Waals surface area contributed by atoms with Crippen molar-refractivity contribution in [2.45, 2.75) is 108 Å². The average Bonchev–Trinajstić information content (AvgIpc) is 2.37. The van der Waals surface area contributed by atoms with Crippen LogP contribution in [0.2, 0.25) is 0 Å². The second kappa shape index (κ2) is 10.7. The summed E-state index contributed by atoms with van der Waals surface area (Å²) in [6, 6.07) is 0. The highest BCUT2D eigenvalue weighted by Gasteiger charge is 2.17. The van der Waals surface area contributed by atoms with Crippen molar-refractivity contribution in [2.75, 3.05) is 0 Å². The summed E-state index contributed by atoms with van der Waals surface area (Å²) in [7, 11) is 0. The Morgan fingerprint density at radius 1 is 0.750 bits per heavy atom. The van der Waals surface area contributed by atoms with Crippen LogP contribution in [0.25, 0.3) is 0 Å². The van der Waals surface area contributed by atoms with E-state index in [1.54, 1.807) is 0 Å². The molecule has 0 nitrogen and oxygen atoms in total. The van der Waals surface area contributed by atoms with Crippen molar-refractivity contribution in [1.29, 1.82) is 0 Å². The van der Waals surface area contributed by atoms with E-state index in [0.717, 1.165) is 11.8 Å². The van der Waals surface area contributed by atoms with Gasteiger partial charge in [0.2, 0.25) is 0 Å². The first-order valence-electron chi connectivity index (χ1n) is 8.99. The van der Waals surface area contributed by atoms with Crippen LogP contribution in [-0.4, -0.2) is 0 Å². The Kier molecular flexibility index (Phi) is 11.9. The van der Waals surface area contributed by atoms with Crippen molar-refractivity contribution < 1.29 is 0 Å². The maximum atomic E-state index is 2.36. The molecule has 0 spiro atoms. The molecule has 0 aromatic carbocycles. The maximum absolute atomic E-state index is 2.36. The Bertz CT molecular complexity index is 210. The zero-order valence-electron chi connectivity index (χ0n) is 16.4. The summed E-state index contributed by atoms with van der Waals surface area (Å²) >= 11 is 0. The summed E-state index contributed by atoms with van der Waals surface area (Å²) in [5.41, 5.74) is 1.14. The van der Waals surface area contributed by atoms with Crippen LogP contribution in [0.1, 0.15) is 108 Å². The SMILES string of the molecule is CCC(C)(C)CCC(C)C.CCC(C)CC(C)(C)CC. The second-order valence-corrected chi connectivity index (χ2v) is 8.69. The molecule has 0 rings (SSSR count). The average molecular weight is 285 g/mol. The van der Waals surface area contributed by atoms with Crippen molar-refractivity contribution in [1.82, 2.24) is 0 Å². The van der Waals surface area contributed by atoms with Crippen molar-refractivity contribution in [3.8, 4) is 0 Å². The summed E-state index contributed by atoms with van der Waals surface area (Å²) in [4.78, 5) is 0. The topological polar surface area (TPSA) is 0 Å². The molecule has 0 aromatic rings. The lowest BCUT2D eigenvalue weighted by Gasteiger charge is -2.25. The molecule has 20 heavy (non-hydrogen) atoms. The summed E-state index contributed by atoms with van der Waals surface area (Å²) in [5.74, 6) is 1.76. The summed E-state index contributed by atoms with van der Waals surface area (Å²) in [6.07, 6.45) is 8.06. The number of hydrogen-bond acceptors (Lipinski definition) is 0. The van der Waals surface area contributed by atoms with Crippen LogP contribution in [0.15, 0.2) is 0 Å². The van der Waals surface area contributed by atoms with E-state index in [2.05, 4.69) is 69.2 Å². The van der Waals surface area contributed by atoms with Crippen molar-refractivity contribution in [3.05, 3.63) is 0 Å². The quantitative estimate of drug-likeness (QED) is 0.428. The minimum Gasteiger partial charge on any atom is -0.0651 e. The molecule has 0 saturated carbocycles. The largest absolute Gasteiger partial charge is 0.0651 e. The van der Waals surface area contributed by atoms with Crippen molar-refractivity contribution >= 4 is 0 Å². The van der Waals surface area contributed by atoms with Gasteiger partial charge >= 0.3 is 0 Å². The molecule has 0 heterocycles. The van der Waals surface area contributed by atoms with Gasteiger partial charge < -0.3 is 0 Å². The van der Waals surface area contributed by atoms with Gasteiger partial charge in [0.05, 0.1) is 0 Å². The molecule has 0 radical (unpaired) electrons. The van der Waals surface area contributed by atoms with Gasteiger partial charge in [-0.3, -0.25) is 0 Å². The fourth-order valence-electron chi connectivity index (χ4n) is 2.09. The number of rotatable bonds is 8. The highest BCUT2D eigenvalue weighted by molar-refractivity contribution is 4.69. The predicted octanol–water partition coefficient (Wildman–Crippen LogP) is 7.72. The molecule has 0 aliphatic carbocycles. The van der Waals surface area contributed by atoms with E-state index < -0.39 is 0 Å². The van der Waals surface area contributed by atoms with Crippen LogP contribution in [0.5, 0.6) is 0 Å². The maximum Gasteiger partial charge on any atom is -0.0354 e. The highest BCUT2D eigenvalue weighted by Crippen LogP contribution is 2.29. The fourth-order valence-corrected chi connectivity index (χ4v) is 2.09. The fraction of sp³-hybridized carbons (Fsp3) is 1.00. The van der Waals surface area contributed by atoms with Crippen LogP contribution in [-0.2, 0) is 0 Å². The van der Waals surface area contributed by atoms with Crippen LogP contribution in [0.4, 0.5) is 0 Å². The zero-order valence-corrected chi connectivity index (χ0v) is 16.4. The first-order valence-corrected chi connectivity index (χ1v) is 8.99. The molecule has 0 N–H and O–H groups in total. The van der Waals surface area contributed by atoms with Crippen LogP contribution >= 0.6 is 0 Å². The van der Waals surface area contributed by atoms with E-state index in [-0.39, 0.29) is 0 Å². The third-order valence-electron chi connectivity index (χ3n) is 4.91. The Morgan fingerprint density at radius 2 is 1.20 bits per heavy atom. The van der Waals surface area contributed by atoms with Gasteiger partial charge in [0.25, 0.3) is 0 Å². The molecule has 0 heteroatoms. The molecule has 0 aliphatic rings. The van der Waals surface area contributed by atoms with E-state index >= 15 is 0 Å². The molecule has 0 bridgehead atoms. The molecule has 0 fully saturated rings. The van der Waals surface area contributed by atoms with Gasteiger partial charge in [0.15, 0.2) is 0 Å². The molecule has 0 aromatic heterocycles. The van der Waals surface area contributed by atoms with Crippen LogP contribution in [0, 0.1) is 22.7 Å². The number of hydrogen-bond donors (Lipinski definition) is 0. The van der Waals surface area contributed by atoms with Gasteiger partial charge in [-0.2, -0.15) is 0 Å². The van der Waals surface area contributed by atoms with Gasteiger partial charge in [0, 0.05) is 0 Å². The lowest BCUT2D eigenvalue weighted by Crippen LogP contribution is -2.13. The minimum atomic E-state index is 0.565. The molecule has 0 amide bonds. The summed E-state index contributed by atoms with van der Waals surface area (Å²) < 4.78 is 0. The molecule has 0 saturated heterocycles. The van der Waals surface area contributed by atoms with Gasteiger partial charge in [-0.1, -0.05) is 94.9 Å². The molecule has 124 valence electrons. The van der Waals surface area contributed by atoms with E-state index in [1.165, 1.54) is 38.5 Å². The zero-order chi connectivity index (χ0) is 16.4. The molecular formula is C20H44. The van der Waals surface area contributed by atoms with E-state index in [1.807, 2.05) is 0 Å². The summed E-state index contributed by atoms with van der Waals surface area (Å²) in [5, 5.41) is 0. The van der Waals surface area contributed by atoms with Gasteiger partial charge in [-0.05, 0) is 35.5 Å². The normalized spacial score (nSPS) is 13.9. The van der Waals surface area contributed by atoms with Crippen molar-refractivity contribution in [3.63, 3.8) is 0 Å². The first-order chi connectivity index (χ1) is 8.99. The molecule has 1 unspecified atom stereocenters. The van der Waals surface area contributed by atoms with E-state index in [4.69, 9.17) is 0 Å².